The fraction of sp³-hybridized carbons (Fsp3) is 0.867. The molecular formula is C30H46O7. The summed E-state index contributed by atoms with van der Waals surface area (Å²) < 4.78 is 0. The van der Waals surface area contributed by atoms with Gasteiger partial charge in [0, 0.05) is 5.92 Å². The molecule has 0 aromatic rings. The summed E-state index contributed by atoms with van der Waals surface area (Å²) in [6, 6.07) is 0. The lowest BCUT2D eigenvalue weighted by Crippen LogP contribution is -2.74. The lowest BCUT2D eigenvalue weighted by atomic mass is 9.35. The third kappa shape index (κ3) is 2.89. The number of aliphatic hydroxyl groups is 3. The van der Waals surface area contributed by atoms with Crippen molar-refractivity contribution in [3.05, 3.63) is 11.6 Å². The lowest BCUT2D eigenvalue weighted by Gasteiger charge is -2.69. The second-order valence-corrected chi connectivity index (χ2v) is 14.5. The van der Waals surface area contributed by atoms with Crippen LogP contribution in [0.15, 0.2) is 11.6 Å². The highest BCUT2D eigenvalue weighted by Crippen LogP contribution is 2.76. The van der Waals surface area contributed by atoms with Crippen LogP contribution in [0, 0.1) is 56.7 Å². The summed E-state index contributed by atoms with van der Waals surface area (Å²) in [6.07, 6.45) is 2.54. The molecule has 0 heterocycles. The van der Waals surface area contributed by atoms with E-state index in [-0.39, 0.29) is 22.7 Å². The predicted molar refractivity (Wildman–Crippen MR) is 137 cm³/mol. The molecule has 5 aliphatic rings. The van der Waals surface area contributed by atoms with Gasteiger partial charge in [0.05, 0.1) is 17.6 Å². The number of carbonyl (C=O) groups is 2. The van der Waals surface area contributed by atoms with Crippen LogP contribution in [0.25, 0.3) is 0 Å². The number of hydrogen-bond acceptors (Lipinski definition) is 5. The fourth-order valence-corrected chi connectivity index (χ4v) is 11.3. The molecular weight excluding hydrogens is 472 g/mol. The van der Waals surface area contributed by atoms with E-state index in [0.717, 1.165) is 24.8 Å². The maximum absolute atomic E-state index is 13.3. The maximum Gasteiger partial charge on any atom is 0.313 e. The highest BCUT2D eigenvalue weighted by Gasteiger charge is 2.76. The first-order valence-electron chi connectivity index (χ1n) is 14.3. The zero-order valence-corrected chi connectivity index (χ0v) is 23.2. The Hall–Kier alpha value is -1.44. The number of carboxylic acid groups (broad SMARTS) is 2. The first-order chi connectivity index (χ1) is 17.1. The van der Waals surface area contributed by atoms with E-state index in [1.54, 1.807) is 0 Å². The van der Waals surface area contributed by atoms with Crippen molar-refractivity contribution in [3.8, 4) is 0 Å². The van der Waals surface area contributed by atoms with Crippen LogP contribution in [0.4, 0.5) is 0 Å². The van der Waals surface area contributed by atoms with E-state index < -0.39 is 52.9 Å². The van der Waals surface area contributed by atoms with Gasteiger partial charge in [-0.15, -0.1) is 0 Å². The Morgan fingerprint density at radius 2 is 1.51 bits per heavy atom. The van der Waals surface area contributed by atoms with Gasteiger partial charge in [0.2, 0.25) is 0 Å². The number of hydrogen-bond donors (Lipinski definition) is 5. The van der Waals surface area contributed by atoms with E-state index in [0.29, 0.717) is 24.2 Å². The molecule has 0 aromatic carbocycles. The van der Waals surface area contributed by atoms with Crippen LogP contribution in [-0.2, 0) is 9.59 Å². The van der Waals surface area contributed by atoms with Crippen molar-refractivity contribution in [1.29, 1.82) is 0 Å². The first kappa shape index (κ1) is 27.1. The van der Waals surface area contributed by atoms with E-state index in [2.05, 4.69) is 40.7 Å². The molecule has 0 aromatic heterocycles. The second kappa shape index (κ2) is 8.04. The summed E-state index contributed by atoms with van der Waals surface area (Å²) >= 11 is 0. The summed E-state index contributed by atoms with van der Waals surface area (Å²) in [5.41, 5.74) is -2.82. The zero-order valence-electron chi connectivity index (χ0n) is 23.2. The molecule has 0 aliphatic heterocycles. The van der Waals surface area contributed by atoms with Crippen LogP contribution in [0.3, 0.4) is 0 Å². The van der Waals surface area contributed by atoms with Crippen LogP contribution in [-0.4, -0.2) is 55.8 Å². The summed E-state index contributed by atoms with van der Waals surface area (Å²) in [4.78, 5) is 25.8. The van der Waals surface area contributed by atoms with E-state index in [1.807, 2.05) is 0 Å². The van der Waals surface area contributed by atoms with Gasteiger partial charge in [-0.1, -0.05) is 46.3 Å². The quantitative estimate of drug-likeness (QED) is 0.355. The zero-order chi connectivity index (χ0) is 27.5. The van der Waals surface area contributed by atoms with Crippen LogP contribution >= 0.6 is 0 Å². The minimum atomic E-state index is -1.90. The largest absolute Gasteiger partial charge is 0.481 e. The highest BCUT2D eigenvalue weighted by atomic mass is 16.4. The summed E-state index contributed by atoms with van der Waals surface area (Å²) in [5.74, 6) is -2.46. The van der Waals surface area contributed by atoms with Gasteiger partial charge in [-0.05, 0) is 91.8 Å². The maximum atomic E-state index is 13.3. The van der Waals surface area contributed by atoms with Crippen molar-refractivity contribution in [3.63, 3.8) is 0 Å². The normalized spacial score (nSPS) is 55.0. The summed E-state index contributed by atoms with van der Waals surface area (Å²) in [7, 11) is 0. The van der Waals surface area contributed by atoms with Gasteiger partial charge in [-0.3, -0.25) is 9.59 Å². The number of aliphatic carboxylic acids is 2. The molecule has 7 nitrogen and oxygen atoms in total. The average molecular weight is 519 g/mol. The number of aliphatic hydroxyl groups excluding tert-OH is 3. The Labute approximate surface area is 220 Å². The van der Waals surface area contributed by atoms with Crippen molar-refractivity contribution in [2.24, 2.45) is 56.7 Å². The highest BCUT2D eigenvalue weighted by molar-refractivity contribution is 5.83. The third-order valence-electron chi connectivity index (χ3n) is 13.4. The molecule has 5 aliphatic carbocycles. The Morgan fingerprint density at radius 1 is 0.865 bits per heavy atom. The monoisotopic (exact) mass is 518 g/mol. The van der Waals surface area contributed by atoms with Gasteiger partial charge in [0.1, 0.15) is 11.5 Å². The number of rotatable bonds is 3. The molecule has 12 atom stereocenters. The van der Waals surface area contributed by atoms with Gasteiger partial charge in [-0.2, -0.15) is 0 Å². The Bertz CT molecular complexity index is 1040. The number of fused-ring (bicyclic) bond motifs is 7. The van der Waals surface area contributed by atoms with Crippen molar-refractivity contribution in [2.45, 2.75) is 105 Å². The van der Waals surface area contributed by atoms with Gasteiger partial charge < -0.3 is 25.5 Å². The van der Waals surface area contributed by atoms with Gasteiger partial charge in [0.25, 0.3) is 0 Å². The van der Waals surface area contributed by atoms with Crippen LogP contribution in [0.2, 0.25) is 0 Å². The standard InChI is InChI=1S/C30H46O7/c1-15(2)16-7-9-19-26(16,3)13-14-27(4)17-8-10-20-29(6,24(34)35)22(32)21(31)23(33)30(20,25(36)37)18(17)11-12-28(19,27)5/h8,15-16,18-23,31-33H,7,9-14H2,1-6H3,(H,34,35)(H,36,37)/t16-,18?,19-,20?,21+,22+,23-,26-,27-,28+,29-,30+/m1/s1. The second-order valence-electron chi connectivity index (χ2n) is 14.5. The predicted octanol–water partition coefficient (Wildman–Crippen LogP) is 4.10. The van der Waals surface area contributed by atoms with Crippen molar-refractivity contribution in [2.75, 3.05) is 0 Å². The molecule has 5 rings (SSSR count). The van der Waals surface area contributed by atoms with Gasteiger partial charge in [0.15, 0.2) is 0 Å². The van der Waals surface area contributed by atoms with E-state index >= 15 is 0 Å². The van der Waals surface area contributed by atoms with Crippen molar-refractivity contribution < 1.29 is 35.1 Å². The van der Waals surface area contributed by atoms with Gasteiger partial charge >= 0.3 is 11.9 Å². The molecule has 0 radical (unpaired) electrons. The van der Waals surface area contributed by atoms with Crippen molar-refractivity contribution in [1.82, 2.24) is 0 Å². The first-order valence-corrected chi connectivity index (χ1v) is 14.3. The van der Waals surface area contributed by atoms with Crippen LogP contribution in [0.1, 0.15) is 86.5 Å². The third-order valence-corrected chi connectivity index (χ3v) is 13.4. The molecule has 2 unspecified atom stereocenters. The van der Waals surface area contributed by atoms with E-state index in [1.165, 1.54) is 19.8 Å². The Morgan fingerprint density at radius 3 is 2.08 bits per heavy atom. The SMILES string of the molecule is CC(C)[C@H]1CC[C@@H]2[C@]1(C)CC[C@]1(C)C3=CCC4[C@@](C(=O)O)(C3CC[C@@]21C)[C@H](O)[C@@H](O)[C@H](O)[C@]4(C)C(=O)O. The van der Waals surface area contributed by atoms with E-state index in [4.69, 9.17) is 0 Å². The average Bonchev–Trinajstić information content (AvgIpc) is 3.20. The molecule has 0 amide bonds. The molecule has 4 fully saturated rings. The molecule has 208 valence electrons. The molecule has 7 heteroatoms. The smallest absolute Gasteiger partial charge is 0.313 e. The molecule has 37 heavy (non-hydrogen) atoms. The topological polar surface area (TPSA) is 135 Å². The summed E-state index contributed by atoms with van der Waals surface area (Å²) in [6.45, 7) is 13.1. The lowest BCUT2D eigenvalue weighted by molar-refractivity contribution is -0.256. The van der Waals surface area contributed by atoms with E-state index in [9.17, 15) is 35.1 Å². The molecule has 0 spiro atoms. The molecule has 5 N–H and O–H groups in total. The Kier molecular flexibility index (Phi) is 5.90. The fourth-order valence-electron chi connectivity index (χ4n) is 11.3. The molecule has 0 saturated heterocycles. The van der Waals surface area contributed by atoms with Gasteiger partial charge in [-0.25, -0.2) is 0 Å². The van der Waals surface area contributed by atoms with Crippen LogP contribution in [0.5, 0.6) is 0 Å². The number of allylic oxidation sites excluding steroid dienone is 2. The van der Waals surface area contributed by atoms with Crippen molar-refractivity contribution >= 4 is 11.9 Å². The molecule has 0 bridgehead atoms. The minimum absolute atomic E-state index is 0.0354. The molecule has 4 saturated carbocycles. The Balaban J connectivity index is 1.66. The number of carboxylic acids is 2. The minimum Gasteiger partial charge on any atom is -0.481 e. The summed E-state index contributed by atoms with van der Waals surface area (Å²) in [5, 5.41) is 54.2. The van der Waals surface area contributed by atoms with Crippen LogP contribution < -0.4 is 0 Å².